The third kappa shape index (κ3) is 2.88. The Balaban J connectivity index is 1.74. The molecule has 0 N–H and O–H groups in total. The fourth-order valence-electron chi connectivity index (χ4n) is 1.97. The van der Waals surface area contributed by atoms with Gasteiger partial charge in [-0.1, -0.05) is 6.07 Å². The minimum atomic E-state index is 0.0722. The summed E-state index contributed by atoms with van der Waals surface area (Å²) in [6, 6.07) is 6.27. The zero-order valence-electron chi connectivity index (χ0n) is 10.7. The van der Waals surface area contributed by atoms with Gasteiger partial charge in [-0.2, -0.15) is 0 Å². The topological polar surface area (TPSA) is 57.1 Å². The van der Waals surface area contributed by atoms with Crippen molar-refractivity contribution in [2.75, 3.05) is 13.2 Å². The molecule has 5 heteroatoms. The number of rotatable bonds is 3. The number of nitrogens with zero attached hydrogens (tertiary/aromatic N) is 3. The van der Waals surface area contributed by atoms with Crippen LogP contribution in [0.5, 0.6) is 6.01 Å². The maximum absolute atomic E-state index is 5.62. The standard InChI is InChI=1S/C14H15N3O2/c1-10-3-2-4-13(17-10)11-7-15-14(16-8-11)19-12-5-6-18-9-12/h2-4,7-8,12H,5-6,9H2,1H3/t12-/m0/s1. The van der Waals surface area contributed by atoms with Gasteiger partial charge in [0, 0.05) is 30.1 Å². The molecule has 1 aliphatic heterocycles. The number of hydrogen-bond donors (Lipinski definition) is 0. The van der Waals surface area contributed by atoms with Gasteiger partial charge in [0.1, 0.15) is 6.10 Å². The second-order valence-electron chi connectivity index (χ2n) is 4.52. The van der Waals surface area contributed by atoms with E-state index in [1.54, 1.807) is 12.4 Å². The van der Waals surface area contributed by atoms with Crippen molar-refractivity contribution in [2.45, 2.75) is 19.4 Å². The number of aromatic nitrogens is 3. The van der Waals surface area contributed by atoms with Crippen molar-refractivity contribution in [1.82, 2.24) is 15.0 Å². The lowest BCUT2D eigenvalue weighted by Gasteiger charge is -2.09. The first kappa shape index (κ1) is 12.0. The Morgan fingerprint density at radius 2 is 2.11 bits per heavy atom. The van der Waals surface area contributed by atoms with Gasteiger partial charge in [-0.25, -0.2) is 9.97 Å². The van der Waals surface area contributed by atoms with E-state index in [4.69, 9.17) is 9.47 Å². The highest BCUT2D eigenvalue weighted by molar-refractivity contribution is 5.56. The van der Waals surface area contributed by atoms with E-state index in [2.05, 4.69) is 15.0 Å². The summed E-state index contributed by atoms with van der Waals surface area (Å²) < 4.78 is 10.9. The minimum Gasteiger partial charge on any atom is -0.458 e. The summed E-state index contributed by atoms with van der Waals surface area (Å²) in [7, 11) is 0. The molecule has 2 aromatic heterocycles. The van der Waals surface area contributed by atoms with E-state index in [-0.39, 0.29) is 6.10 Å². The second-order valence-corrected chi connectivity index (χ2v) is 4.52. The molecule has 1 atom stereocenters. The lowest BCUT2D eigenvalue weighted by atomic mass is 10.2. The normalized spacial score (nSPS) is 18.5. The van der Waals surface area contributed by atoms with E-state index in [0.29, 0.717) is 12.6 Å². The molecule has 0 radical (unpaired) electrons. The van der Waals surface area contributed by atoms with Crippen molar-refractivity contribution < 1.29 is 9.47 Å². The first-order valence-corrected chi connectivity index (χ1v) is 6.32. The second kappa shape index (κ2) is 5.32. The molecule has 0 bridgehead atoms. The van der Waals surface area contributed by atoms with Gasteiger partial charge in [0.2, 0.25) is 0 Å². The number of hydrogen-bond acceptors (Lipinski definition) is 5. The Kier molecular flexibility index (Phi) is 3.37. The van der Waals surface area contributed by atoms with Crippen molar-refractivity contribution in [1.29, 1.82) is 0 Å². The van der Waals surface area contributed by atoms with Crippen molar-refractivity contribution in [3.8, 4) is 17.3 Å². The van der Waals surface area contributed by atoms with Crippen LogP contribution in [-0.4, -0.2) is 34.3 Å². The van der Waals surface area contributed by atoms with Gasteiger partial charge >= 0.3 is 6.01 Å². The lowest BCUT2D eigenvalue weighted by Crippen LogP contribution is -2.17. The molecule has 2 aromatic rings. The van der Waals surface area contributed by atoms with Crippen LogP contribution in [0.4, 0.5) is 0 Å². The van der Waals surface area contributed by atoms with Crippen LogP contribution >= 0.6 is 0 Å². The molecule has 0 aromatic carbocycles. The summed E-state index contributed by atoms with van der Waals surface area (Å²) in [5.41, 5.74) is 2.73. The summed E-state index contributed by atoms with van der Waals surface area (Å²) in [5.74, 6) is 0. The predicted molar refractivity (Wildman–Crippen MR) is 69.9 cm³/mol. The fraction of sp³-hybridized carbons (Fsp3) is 0.357. The van der Waals surface area contributed by atoms with E-state index >= 15 is 0 Å². The lowest BCUT2D eigenvalue weighted by molar-refractivity contribution is 0.134. The number of aryl methyl sites for hydroxylation is 1. The highest BCUT2D eigenvalue weighted by atomic mass is 16.6. The largest absolute Gasteiger partial charge is 0.458 e. The zero-order chi connectivity index (χ0) is 13.1. The summed E-state index contributed by atoms with van der Waals surface area (Å²) in [5, 5.41) is 0. The van der Waals surface area contributed by atoms with Crippen molar-refractivity contribution in [3.05, 3.63) is 36.3 Å². The summed E-state index contributed by atoms with van der Waals surface area (Å²) >= 11 is 0. The van der Waals surface area contributed by atoms with Gasteiger partial charge in [-0.15, -0.1) is 0 Å². The molecule has 0 unspecified atom stereocenters. The average molecular weight is 257 g/mol. The summed E-state index contributed by atoms with van der Waals surface area (Å²) in [6.07, 6.45) is 4.44. The van der Waals surface area contributed by atoms with Crippen LogP contribution in [0.15, 0.2) is 30.6 Å². The van der Waals surface area contributed by atoms with Crippen LogP contribution in [0.25, 0.3) is 11.3 Å². The minimum absolute atomic E-state index is 0.0722. The molecule has 19 heavy (non-hydrogen) atoms. The van der Waals surface area contributed by atoms with Crippen molar-refractivity contribution in [3.63, 3.8) is 0 Å². The highest BCUT2D eigenvalue weighted by Gasteiger charge is 2.18. The quantitative estimate of drug-likeness (QED) is 0.842. The molecule has 0 saturated carbocycles. The van der Waals surface area contributed by atoms with E-state index in [9.17, 15) is 0 Å². The zero-order valence-corrected chi connectivity index (χ0v) is 10.7. The van der Waals surface area contributed by atoms with Crippen molar-refractivity contribution in [2.24, 2.45) is 0 Å². The van der Waals surface area contributed by atoms with Gasteiger partial charge in [-0.05, 0) is 19.1 Å². The first-order valence-electron chi connectivity index (χ1n) is 6.32. The molecule has 98 valence electrons. The van der Waals surface area contributed by atoms with Gasteiger partial charge in [0.25, 0.3) is 0 Å². The third-order valence-electron chi connectivity index (χ3n) is 2.97. The van der Waals surface area contributed by atoms with Crippen LogP contribution in [0, 0.1) is 6.92 Å². The maximum atomic E-state index is 5.62. The van der Waals surface area contributed by atoms with Crippen molar-refractivity contribution >= 4 is 0 Å². The number of pyridine rings is 1. The van der Waals surface area contributed by atoms with E-state index in [1.807, 2.05) is 25.1 Å². The van der Waals surface area contributed by atoms with Gasteiger partial charge in [-0.3, -0.25) is 4.98 Å². The summed E-state index contributed by atoms with van der Waals surface area (Å²) in [6.45, 7) is 3.32. The Morgan fingerprint density at radius 3 is 2.79 bits per heavy atom. The Morgan fingerprint density at radius 1 is 1.26 bits per heavy atom. The smallest absolute Gasteiger partial charge is 0.316 e. The van der Waals surface area contributed by atoms with E-state index < -0.39 is 0 Å². The SMILES string of the molecule is Cc1cccc(-c2cnc(O[C@H]3CCOC3)nc2)n1. The van der Waals surface area contributed by atoms with Crippen LogP contribution in [0.1, 0.15) is 12.1 Å². The average Bonchev–Trinajstić information content (AvgIpc) is 2.92. The van der Waals surface area contributed by atoms with Gasteiger partial charge < -0.3 is 9.47 Å². The molecule has 1 saturated heterocycles. The molecular weight excluding hydrogens is 242 g/mol. The maximum Gasteiger partial charge on any atom is 0.316 e. The predicted octanol–water partition coefficient (Wildman–Crippen LogP) is 2.01. The number of ether oxygens (including phenoxy) is 2. The van der Waals surface area contributed by atoms with Crippen LogP contribution in [0.3, 0.4) is 0 Å². The molecule has 1 aliphatic rings. The summed E-state index contributed by atoms with van der Waals surface area (Å²) in [4.78, 5) is 12.9. The van der Waals surface area contributed by atoms with Crippen LogP contribution < -0.4 is 4.74 Å². The van der Waals surface area contributed by atoms with Gasteiger partial charge in [0.15, 0.2) is 0 Å². The molecule has 0 spiro atoms. The Hall–Kier alpha value is -2.01. The molecule has 0 aliphatic carbocycles. The van der Waals surface area contributed by atoms with Gasteiger partial charge in [0.05, 0.1) is 18.9 Å². The van der Waals surface area contributed by atoms with E-state index in [0.717, 1.165) is 30.0 Å². The van der Waals surface area contributed by atoms with Crippen LogP contribution in [-0.2, 0) is 4.74 Å². The monoisotopic (exact) mass is 257 g/mol. The van der Waals surface area contributed by atoms with E-state index in [1.165, 1.54) is 0 Å². The molecule has 0 amide bonds. The third-order valence-corrected chi connectivity index (χ3v) is 2.97. The highest BCUT2D eigenvalue weighted by Crippen LogP contribution is 2.18. The molecule has 3 rings (SSSR count). The molecule has 1 fully saturated rings. The van der Waals surface area contributed by atoms with Crippen LogP contribution in [0.2, 0.25) is 0 Å². The molecule has 3 heterocycles. The molecular formula is C14H15N3O2. The molecule has 5 nitrogen and oxygen atoms in total. The fourth-order valence-corrected chi connectivity index (χ4v) is 1.97. The first-order chi connectivity index (χ1) is 9.31. The Bertz CT molecular complexity index is 551. The Labute approximate surface area is 111 Å².